The number of nitrogens with zero attached hydrogens (tertiary/aromatic N) is 2. The van der Waals surface area contributed by atoms with Crippen LogP contribution in [0, 0.1) is 0 Å². The van der Waals surface area contributed by atoms with Crippen molar-refractivity contribution in [2.75, 3.05) is 24.6 Å². The van der Waals surface area contributed by atoms with Crippen LogP contribution in [0.4, 0.5) is 5.69 Å². The molecular formula is C21H23Cl2N3O. The van der Waals surface area contributed by atoms with Crippen molar-refractivity contribution in [3.05, 3.63) is 63.6 Å². The predicted octanol–water partition coefficient (Wildman–Crippen LogP) is 4.38. The van der Waals surface area contributed by atoms with Crippen LogP contribution < -0.4 is 10.9 Å². The molecule has 0 radical (unpaired) electrons. The van der Waals surface area contributed by atoms with Crippen molar-refractivity contribution in [1.82, 2.24) is 4.90 Å². The Bertz CT molecular complexity index is 866. The van der Waals surface area contributed by atoms with Gasteiger partial charge in [0.2, 0.25) is 0 Å². The van der Waals surface area contributed by atoms with Gasteiger partial charge in [0.25, 0.3) is 5.91 Å². The van der Waals surface area contributed by atoms with Crippen molar-refractivity contribution in [3.63, 3.8) is 0 Å². The lowest BCUT2D eigenvalue weighted by Crippen LogP contribution is -2.46. The molecule has 0 aromatic heterocycles. The fourth-order valence-corrected chi connectivity index (χ4v) is 4.91. The minimum absolute atomic E-state index is 0.148. The van der Waals surface area contributed by atoms with Crippen LogP contribution in [0.5, 0.6) is 0 Å². The highest BCUT2D eigenvalue weighted by molar-refractivity contribution is 6.32. The van der Waals surface area contributed by atoms with Gasteiger partial charge in [0.05, 0.1) is 5.69 Å². The van der Waals surface area contributed by atoms with Gasteiger partial charge in [-0.2, -0.15) is 0 Å². The van der Waals surface area contributed by atoms with Crippen LogP contribution >= 0.6 is 23.2 Å². The van der Waals surface area contributed by atoms with E-state index in [0.717, 1.165) is 30.8 Å². The van der Waals surface area contributed by atoms with Gasteiger partial charge in [0.15, 0.2) is 0 Å². The molecule has 0 bridgehead atoms. The number of anilines is 1. The van der Waals surface area contributed by atoms with Crippen molar-refractivity contribution >= 4 is 34.8 Å². The lowest BCUT2D eigenvalue weighted by Gasteiger charge is -2.34. The van der Waals surface area contributed by atoms with Gasteiger partial charge in [0.1, 0.15) is 5.41 Å². The highest BCUT2D eigenvalue weighted by atomic mass is 35.5. The standard InChI is InChI=1S/C21H23Cl2N3O/c22-15-8-9-19-17(14-15)21(20(27)26(19)24,16-6-2-3-7-18(16)23)10-13-25-11-4-1-5-12-25/h2-3,6-9,14H,1,4-5,10-13,24H2. The molecule has 0 aliphatic carbocycles. The summed E-state index contributed by atoms with van der Waals surface area (Å²) in [7, 11) is 0. The van der Waals surface area contributed by atoms with Gasteiger partial charge in [-0.1, -0.05) is 47.8 Å². The van der Waals surface area contributed by atoms with Gasteiger partial charge < -0.3 is 4.90 Å². The number of nitrogens with two attached hydrogens (primary N) is 1. The Balaban J connectivity index is 1.83. The van der Waals surface area contributed by atoms with Crippen LogP contribution in [-0.2, 0) is 10.2 Å². The van der Waals surface area contributed by atoms with Crippen molar-refractivity contribution in [3.8, 4) is 0 Å². The van der Waals surface area contributed by atoms with E-state index in [1.165, 1.54) is 24.3 Å². The molecule has 1 unspecified atom stereocenters. The number of halogens is 2. The summed E-state index contributed by atoms with van der Waals surface area (Å²) in [5.74, 6) is 6.05. The van der Waals surface area contributed by atoms with Crippen molar-refractivity contribution < 1.29 is 4.79 Å². The topological polar surface area (TPSA) is 49.6 Å². The molecule has 0 saturated carbocycles. The molecular weight excluding hydrogens is 381 g/mol. The molecule has 1 atom stereocenters. The van der Waals surface area contributed by atoms with Crippen LogP contribution in [-0.4, -0.2) is 30.4 Å². The smallest absolute Gasteiger partial charge is 0.256 e. The number of hydrogen-bond acceptors (Lipinski definition) is 3. The molecule has 2 aromatic carbocycles. The Labute approximate surface area is 169 Å². The van der Waals surface area contributed by atoms with Gasteiger partial charge in [-0.05, 0) is 74.3 Å². The fraction of sp³-hybridized carbons (Fsp3) is 0.381. The average Bonchev–Trinajstić information content (AvgIpc) is 2.89. The first kappa shape index (κ1) is 18.8. The summed E-state index contributed by atoms with van der Waals surface area (Å²) in [5.41, 5.74) is 1.42. The Kier molecular flexibility index (Phi) is 5.17. The first-order chi connectivity index (χ1) is 13.0. The second kappa shape index (κ2) is 7.44. The number of hydrazine groups is 1. The maximum absolute atomic E-state index is 13.5. The molecule has 1 fully saturated rings. The molecule has 0 spiro atoms. The Hall–Kier alpha value is -1.59. The van der Waals surface area contributed by atoms with E-state index in [9.17, 15) is 4.79 Å². The number of carbonyl (C=O) groups excluding carboxylic acids is 1. The molecule has 4 nitrogen and oxygen atoms in total. The van der Waals surface area contributed by atoms with Crippen LogP contribution in [0.15, 0.2) is 42.5 Å². The van der Waals surface area contributed by atoms with Gasteiger partial charge in [-0.3, -0.25) is 4.79 Å². The Morgan fingerprint density at radius 3 is 2.48 bits per heavy atom. The molecule has 142 valence electrons. The first-order valence-electron chi connectivity index (χ1n) is 9.41. The number of amides is 1. The number of benzene rings is 2. The number of hydrogen-bond donors (Lipinski definition) is 1. The monoisotopic (exact) mass is 403 g/mol. The predicted molar refractivity (Wildman–Crippen MR) is 110 cm³/mol. The SMILES string of the molecule is NN1C(=O)C(CCN2CCCCC2)(c2ccccc2Cl)c2cc(Cl)ccc21. The quantitative estimate of drug-likeness (QED) is 0.608. The summed E-state index contributed by atoms with van der Waals surface area (Å²) in [6, 6.07) is 13.0. The molecule has 2 heterocycles. The molecule has 27 heavy (non-hydrogen) atoms. The molecule has 2 aliphatic heterocycles. The highest BCUT2D eigenvalue weighted by Crippen LogP contribution is 2.50. The normalized spacial score (nSPS) is 22.9. The van der Waals surface area contributed by atoms with Crippen LogP contribution in [0.2, 0.25) is 10.0 Å². The van der Waals surface area contributed by atoms with Crippen LogP contribution in [0.3, 0.4) is 0 Å². The van der Waals surface area contributed by atoms with Gasteiger partial charge in [-0.15, -0.1) is 0 Å². The zero-order chi connectivity index (χ0) is 19.0. The number of fused-ring (bicyclic) bond motifs is 1. The second-order valence-corrected chi connectivity index (χ2v) is 8.22. The van der Waals surface area contributed by atoms with Crippen molar-refractivity contribution in [1.29, 1.82) is 0 Å². The van der Waals surface area contributed by atoms with E-state index in [2.05, 4.69) is 4.90 Å². The summed E-state index contributed by atoms with van der Waals surface area (Å²) in [4.78, 5) is 15.9. The van der Waals surface area contributed by atoms with Gasteiger partial charge in [0, 0.05) is 10.0 Å². The van der Waals surface area contributed by atoms with E-state index in [4.69, 9.17) is 29.0 Å². The summed E-state index contributed by atoms with van der Waals surface area (Å²) < 4.78 is 0. The average molecular weight is 404 g/mol. The Morgan fingerprint density at radius 1 is 1.00 bits per heavy atom. The minimum Gasteiger partial charge on any atom is -0.303 e. The van der Waals surface area contributed by atoms with E-state index in [-0.39, 0.29) is 5.91 Å². The van der Waals surface area contributed by atoms with E-state index >= 15 is 0 Å². The maximum Gasteiger partial charge on any atom is 0.256 e. The molecule has 1 amide bonds. The molecule has 1 saturated heterocycles. The maximum atomic E-state index is 13.5. The van der Waals surface area contributed by atoms with E-state index < -0.39 is 5.41 Å². The second-order valence-electron chi connectivity index (χ2n) is 7.37. The van der Waals surface area contributed by atoms with E-state index in [1.807, 2.05) is 36.4 Å². The zero-order valence-corrected chi connectivity index (χ0v) is 16.6. The van der Waals surface area contributed by atoms with Crippen LogP contribution in [0.25, 0.3) is 0 Å². The third-order valence-electron chi connectivity index (χ3n) is 5.85. The summed E-state index contributed by atoms with van der Waals surface area (Å²) in [6.45, 7) is 2.96. The summed E-state index contributed by atoms with van der Waals surface area (Å²) in [5, 5.41) is 2.42. The first-order valence-corrected chi connectivity index (χ1v) is 10.2. The molecule has 6 heteroatoms. The van der Waals surface area contributed by atoms with Gasteiger partial charge in [-0.25, -0.2) is 10.9 Å². The lowest BCUT2D eigenvalue weighted by molar-refractivity contribution is -0.122. The Morgan fingerprint density at radius 2 is 1.74 bits per heavy atom. The van der Waals surface area contributed by atoms with Crippen molar-refractivity contribution in [2.45, 2.75) is 31.1 Å². The highest BCUT2D eigenvalue weighted by Gasteiger charge is 2.52. The van der Waals surface area contributed by atoms with E-state index in [0.29, 0.717) is 22.2 Å². The van der Waals surface area contributed by atoms with Crippen LogP contribution in [0.1, 0.15) is 36.8 Å². The number of carbonyl (C=O) groups is 1. The summed E-state index contributed by atoms with van der Waals surface area (Å²) >= 11 is 12.9. The van der Waals surface area contributed by atoms with E-state index in [1.54, 1.807) is 6.07 Å². The minimum atomic E-state index is -0.912. The molecule has 2 aliphatic rings. The summed E-state index contributed by atoms with van der Waals surface area (Å²) in [6.07, 6.45) is 4.31. The molecule has 2 N–H and O–H groups in total. The third-order valence-corrected chi connectivity index (χ3v) is 6.41. The fourth-order valence-electron chi connectivity index (χ4n) is 4.44. The zero-order valence-electron chi connectivity index (χ0n) is 15.1. The molecule has 4 rings (SSSR count). The molecule has 2 aromatic rings. The van der Waals surface area contributed by atoms with Crippen molar-refractivity contribution in [2.24, 2.45) is 5.84 Å². The third kappa shape index (κ3) is 3.15. The van der Waals surface area contributed by atoms with Gasteiger partial charge >= 0.3 is 0 Å². The lowest BCUT2D eigenvalue weighted by atomic mass is 9.72. The largest absolute Gasteiger partial charge is 0.303 e. The number of piperidine rings is 1. The number of rotatable bonds is 4. The number of likely N-dealkylation sites (tertiary alicyclic amines) is 1.